The van der Waals surface area contributed by atoms with Crippen LogP contribution in [0, 0.1) is 5.92 Å². The fourth-order valence-corrected chi connectivity index (χ4v) is 2.91. The first-order valence-electron chi connectivity index (χ1n) is 5.38. The first-order chi connectivity index (χ1) is 6.72. The van der Waals surface area contributed by atoms with Gasteiger partial charge in [-0.3, -0.25) is 0 Å². The molecule has 14 heavy (non-hydrogen) atoms. The molecule has 0 bridgehead atoms. The molecule has 1 aromatic rings. The number of alkyl halides is 1. The van der Waals surface area contributed by atoms with Crippen molar-refractivity contribution < 1.29 is 0 Å². The molecule has 0 N–H and O–H groups in total. The summed E-state index contributed by atoms with van der Waals surface area (Å²) in [7, 11) is 0. The van der Waals surface area contributed by atoms with Gasteiger partial charge in [0.1, 0.15) is 0 Å². The first kappa shape index (κ1) is 10.2. The predicted molar refractivity (Wildman–Crippen MR) is 61.8 cm³/mol. The summed E-state index contributed by atoms with van der Waals surface area (Å²) in [6.45, 7) is 5.49. The molecule has 78 valence electrons. The van der Waals surface area contributed by atoms with Gasteiger partial charge in [-0.15, -0.1) is 0 Å². The molecular weight excluding hydrogens is 240 g/mol. The van der Waals surface area contributed by atoms with Crippen LogP contribution in [0.4, 0.5) is 0 Å². The molecule has 1 heterocycles. The van der Waals surface area contributed by atoms with Crippen LogP contribution in [-0.2, 0) is 6.54 Å². The number of aryl methyl sites for hydroxylation is 1. The van der Waals surface area contributed by atoms with Crippen molar-refractivity contribution in [3.05, 3.63) is 18.2 Å². The van der Waals surface area contributed by atoms with Crippen molar-refractivity contribution in [1.29, 1.82) is 0 Å². The molecule has 0 spiro atoms. The van der Waals surface area contributed by atoms with Gasteiger partial charge in [-0.05, 0) is 25.7 Å². The van der Waals surface area contributed by atoms with Crippen LogP contribution in [0.5, 0.6) is 0 Å². The Morgan fingerprint density at radius 2 is 2.36 bits per heavy atom. The Morgan fingerprint density at radius 3 is 2.86 bits per heavy atom. The third kappa shape index (κ3) is 1.74. The lowest BCUT2D eigenvalue weighted by Gasteiger charge is -2.14. The quantitative estimate of drug-likeness (QED) is 0.744. The van der Waals surface area contributed by atoms with E-state index >= 15 is 0 Å². The summed E-state index contributed by atoms with van der Waals surface area (Å²) in [5.74, 6) is 1.38. The van der Waals surface area contributed by atoms with Crippen LogP contribution in [0.25, 0.3) is 0 Å². The van der Waals surface area contributed by atoms with Gasteiger partial charge in [-0.2, -0.15) is 0 Å². The number of rotatable bonds is 2. The van der Waals surface area contributed by atoms with E-state index in [2.05, 4.69) is 45.5 Å². The maximum Gasteiger partial charge on any atom is 0.0949 e. The number of nitrogens with zero attached hydrogens (tertiary/aromatic N) is 2. The lowest BCUT2D eigenvalue weighted by Crippen LogP contribution is -2.09. The Morgan fingerprint density at radius 1 is 1.57 bits per heavy atom. The van der Waals surface area contributed by atoms with E-state index in [0.717, 1.165) is 12.5 Å². The van der Waals surface area contributed by atoms with Crippen molar-refractivity contribution in [3.8, 4) is 0 Å². The Bertz CT molecular complexity index is 308. The molecule has 3 heteroatoms. The Kier molecular flexibility index (Phi) is 2.96. The monoisotopic (exact) mass is 256 g/mol. The summed E-state index contributed by atoms with van der Waals surface area (Å²) in [6.07, 6.45) is 6.71. The predicted octanol–water partition coefficient (Wildman–Crippen LogP) is 3.18. The molecule has 2 nitrogen and oxygen atoms in total. The van der Waals surface area contributed by atoms with Gasteiger partial charge in [0.25, 0.3) is 0 Å². The van der Waals surface area contributed by atoms with Gasteiger partial charge in [-0.25, -0.2) is 4.98 Å². The fraction of sp³-hybridized carbons (Fsp3) is 0.727. The number of hydrogen-bond donors (Lipinski definition) is 0. The summed E-state index contributed by atoms with van der Waals surface area (Å²) in [5.41, 5.74) is 1.28. The summed E-state index contributed by atoms with van der Waals surface area (Å²) in [4.78, 5) is 5.18. The smallest absolute Gasteiger partial charge is 0.0949 e. The molecule has 3 unspecified atom stereocenters. The molecule has 1 saturated carbocycles. The van der Waals surface area contributed by atoms with E-state index in [0.29, 0.717) is 10.7 Å². The van der Waals surface area contributed by atoms with Crippen LogP contribution in [-0.4, -0.2) is 14.4 Å². The highest BCUT2D eigenvalue weighted by Crippen LogP contribution is 2.42. The molecule has 0 aromatic carbocycles. The highest BCUT2D eigenvalue weighted by atomic mass is 79.9. The fourth-order valence-electron chi connectivity index (χ4n) is 2.28. The Hall–Kier alpha value is -0.310. The average molecular weight is 257 g/mol. The minimum Gasteiger partial charge on any atom is -0.337 e. The molecule has 0 radical (unpaired) electrons. The molecular formula is C11H17BrN2. The van der Waals surface area contributed by atoms with Crippen molar-refractivity contribution in [3.63, 3.8) is 0 Å². The molecule has 3 atom stereocenters. The van der Waals surface area contributed by atoms with E-state index in [-0.39, 0.29) is 0 Å². The van der Waals surface area contributed by atoms with Crippen molar-refractivity contribution >= 4 is 15.9 Å². The third-order valence-electron chi connectivity index (χ3n) is 3.36. The van der Waals surface area contributed by atoms with Crippen molar-refractivity contribution in [2.24, 2.45) is 5.92 Å². The van der Waals surface area contributed by atoms with Crippen molar-refractivity contribution in [1.82, 2.24) is 9.55 Å². The molecule has 2 rings (SSSR count). The van der Waals surface area contributed by atoms with Gasteiger partial charge < -0.3 is 4.57 Å². The zero-order chi connectivity index (χ0) is 10.1. The van der Waals surface area contributed by atoms with E-state index in [4.69, 9.17) is 0 Å². The van der Waals surface area contributed by atoms with Crippen molar-refractivity contribution in [2.45, 2.75) is 44.0 Å². The SMILES string of the molecule is CCn1cnc(C2CCC(Br)C2C)c1. The highest BCUT2D eigenvalue weighted by Gasteiger charge is 2.33. The minimum absolute atomic E-state index is 0.659. The normalized spacial score (nSPS) is 32.4. The molecule has 1 fully saturated rings. The summed E-state index contributed by atoms with van der Waals surface area (Å²) >= 11 is 3.73. The second-order valence-corrected chi connectivity index (χ2v) is 5.36. The zero-order valence-electron chi connectivity index (χ0n) is 8.78. The summed E-state index contributed by atoms with van der Waals surface area (Å²) < 4.78 is 2.16. The van der Waals surface area contributed by atoms with Crippen LogP contribution < -0.4 is 0 Å². The second kappa shape index (κ2) is 4.05. The largest absolute Gasteiger partial charge is 0.337 e. The summed E-state index contributed by atoms with van der Waals surface area (Å²) in [6, 6.07) is 0. The van der Waals surface area contributed by atoms with E-state index in [1.54, 1.807) is 0 Å². The Balaban J connectivity index is 2.15. The average Bonchev–Trinajstić information content (AvgIpc) is 2.75. The topological polar surface area (TPSA) is 17.8 Å². The zero-order valence-corrected chi connectivity index (χ0v) is 10.4. The minimum atomic E-state index is 0.659. The van der Waals surface area contributed by atoms with Crippen LogP contribution in [0.15, 0.2) is 12.5 Å². The van der Waals surface area contributed by atoms with E-state index in [1.165, 1.54) is 18.5 Å². The number of hydrogen-bond acceptors (Lipinski definition) is 1. The molecule has 1 aromatic heterocycles. The summed E-state index contributed by atoms with van der Waals surface area (Å²) in [5, 5.41) is 0. The number of imidazole rings is 1. The molecule has 1 aliphatic rings. The van der Waals surface area contributed by atoms with Crippen LogP contribution >= 0.6 is 15.9 Å². The highest BCUT2D eigenvalue weighted by molar-refractivity contribution is 9.09. The van der Waals surface area contributed by atoms with Crippen LogP contribution in [0.3, 0.4) is 0 Å². The lowest BCUT2D eigenvalue weighted by atomic mass is 9.95. The van der Waals surface area contributed by atoms with Gasteiger partial charge >= 0.3 is 0 Å². The standard InChI is InChI=1S/C11H17BrN2/c1-3-14-6-11(13-7-14)9-4-5-10(12)8(9)2/h6-10H,3-5H2,1-2H3. The van der Waals surface area contributed by atoms with Gasteiger partial charge in [0, 0.05) is 23.5 Å². The van der Waals surface area contributed by atoms with Crippen LogP contribution in [0.1, 0.15) is 38.3 Å². The van der Waals surface area contributed by atoms with Gasteiger partial charge in [0.15, 0.2) is 0 Å². The molecule has 1 aliphatic carbocycles. The molecule has 0 aliphatic heterocycles. The third-order valence-corrected chi connectivity index (χ3v) is 4.65. The van der Waals surface area contributed by atoms with Gasteiger partial charge in [0.05, 0.1) is 12.0 Å². The Labute approximate surface area is 93.9 Å². The first-order valence-corrected chi connectivity index (χ1v) is 6.29. The maximum absolute atomic E-state index is 4.50. The van der Waals surface area contributed by atoms with Crippen LogP contribution in [0.2, 0.25) is 0 Å². The second-order valence-electron chi connectivity index (χ2n) is 4.19. The van der Waals surface area contributed by atoms with Gasteiger partial charge in [0.2, 0.25) is 0 Å². The van der Waals surface area contributed by atoms with Crippen molar-refractivity contribution in [2.75, 3.05) is 0 Å². The molecule has 0 amide bonds. The van der Waals surface area contributed by atoms with Gasteiger partial charge in [-0.1, -0.05) is 22.9 Å². The number of halogens is 1. The maximum atomic E-state index is 4.50. The van der Waals surface area contributed by atoms with E-state index < -0.39 is 0 Å². The number of aromatic nitrogens is 2. The lowest BCUT2D eigenvalue weighted by molar-refractivity contribution is 0.534. The van der Waals surface area contributed by atoms with E-state index in [9.17, 15) is 0 Å². The molecule has 0 saturated heterocycles. The van der Waals surface area contributed by atoms with E-state index in [1.807, 2.05) is 6.33 Å².